The number of Topliss-reactive ketones (excluding diaryl/α,β-unsaturated/α-hetero) is 3. The van der Waals surface area contributed by atoms with Crippen LogP contribution in [-0.2, 0) is 40.0 Å². The lowest BCUT2D eigenvalue weighted by molar-refractivity contribution is -0.385. The predicted octanol–water partition coefficient (Wildman–Crippen LogP) is 12.0. The van der Waals surface area contributed by atoms with Gasteiger partial charge in [0.25, 0.3) is 34.1 Å². The van der Waals surface area contributed by atoms with E-state index in [1.165, 1.54) is 78.9 Å². The van der Waals surface area contributed by atoms with E-state index in [1.54, 1.807) is 124 Å². The number of amides is 4. The molecule has 2 atom stereocenters. The summed E-state index contributed by atoms with van der Waals surface area (Å²) in [7, 11) is 0. The second-order valence-corrected chi connectivity index (χ2v) is 28.4. The van der Waals surface area contributed by atoms with Crippen molar-refractivity contribution in [2.75, 3.05) is 51.8 Å². The highest BCUT2D eigenvalue weighted by atomic mass is 35.5. The number of nitro groups is 6. The van der Waals surface area contributed by atoms with Crippen molar-refractivity contribution < 1.29 is 68.2 Å². The van der Waals surface area contributed by atoms with Crippen LogP contribution in [0.5, 0.6) is 0 Å². The fourth-order valence-corrected chi connectivity index (χ4v) is 15.3. The highest BCUT2D eigenvalue weighted by Gasteiger charge is 2.58. The molecule has 3 heterocycles. The molecule has 6 aliphatic rings. The molecule has 0 bridgehead atoms. The molecule has 3 saturated heterocycles. The molecule has 3 saturated carbocycles. The van der Waals surface area contributed by atoms with Gasteiger partial charge in [-0.2, -0.15) is 0 Å². The standard InChI is InChI=1S/C33H29ClN4O7.C25H24N4O7.C25H21N3O6/c34-21-30(39)35-29(20-22-4-2-1-3-5-22)32(41)36-16-14-33(15-17-36)27(18-23-6-10-25(11-7-23)37(42)43)31(40)28(33)19-24-8-12-26(13-9-24)38(44)45;26-22(15-30)24(32)27-11-9-25(10-12-27)20(13-16-1-5-18(6-2-16)28(33)34)23(31)21(25)14-17-3-7-19(8-4-17)29(35)36;1-2-23(29)26-13-11-25(12-14-26)21(15-17-3-7-19(8-4-17)27(31)32)24(30)22(25)16-18-5-9-20(10-6-18)28(33)34/h1-13,18-19,29H,14-17,20-21H2,(H,35,39);1-8,13-14,22,30H,9-12,15,26H2;2-10,15-16H,1,11-14H2/b27-18-,28-19-;20-13-,21-14-;21-15-,22-16-. The van der Waals surface area contributed by atoms with E-state index in [2.05, 4.69) is 11.9 Å². The lowest BCUT2D eigenvalue weighted by atomic mass is 9.54. The summed E-state index contributed by atoms with van der Waals surface area (Å²) in [4.78, 5) is 159. The Bertz CT molecular complexity index is 5010. The van der Waals surface area contributed by atoms with Gasteiger partial charge in [0.05, 0.1) is 36.1 Å². The third-order valence-electron chi connectivity index (χ3n) is 21.6. The molecule has 3 aliphatic heterocycles. The van der Waals surface area contributed by atoms with Crippen LogP contribution in [0.3, 0.4) is 0 Å². The number of rotatable bonds is 20. The Hall–Kier alpha value is -13.8. The Morgan fingerprint density at radius 2 is 0.661 bits per heavy atom. The van der Waals surface area contributed by atoms with Crippen LogP contribution in [0.2, 0.25) is 0 Å². The first-order chi connectivity index (χ1) is 55.0. The lowest BCUT2D eigenvalue weighted by Crippen LogP contribution is -2.56. The van der Waals surface area contributed by atoms with Crippen LogP contribution in [0.25, 0.3) is 36.5 Å². The third-order valence-corrected chi connectivity index (χ3v) is 21.8. The molecule has 2 unspecified atom stereocenters. The number of benzene rings is 7. The van der Waals surface area contributed by atoms with Crippen molar-refractivity contribution in [2.45, 2.75) is 57.0 Å². The topological polar surface area (TPSA) is 446 Å². The zero-order valence-corrected chi connectivity index (χ0v) is 62.2. The number of aliphatic hydroxyl groups is 1. The second-order valence-electron chi connectivity index (χ2n) is 28.1. The number of nitro benzene ring substituents is 6. The molecule has 3 spiro atoms. The van der Waals surface area contributed by atoms with E-state index in [9.17, 15) is 99.4 Å². The van der Waals surface area contributed by atoms with Gasteiger partial charge in [-0.05, 0) is 193 Å². The van der Waals surface area contributed by atoms with E-state index in [0.717, 1.165) is 5.56 Å². The number of hydrogen-bond acceptors (Lipinski definition) is 21. The van der Waals surface area contributed by atoms with Gasteiger partial charge < -0.3 is 30.9 Å². The summed E-state index contributed by atoms with van der Waals surface area (Å²) in [6.45, 7) is 5.25. The number of piperidine rings is 3. The fraction of sp³-hybridized carbons (Fsp3) is 0.241. The Morgan fingerprint density at radius 3 is 0.887 bits per heavy atom. The predicted molar refractivity (Wildman–Crippen MR) is 424 cm³/mol. The number of hydrogen-bond donors (Lipinski definition) is 3. The van der Waals surface area contributed by atoms with Crippen molar-refractivity contribution in [2.24, 2.45) is 22.0 Å². The van der Waals surface area contributed by atoms with E-state index in [1.807, 2.05) is 30.3 Å². The smallest absolute Gasteiger partial charge is 0.269 e. The molecule has 588 valence electrons. The molecule has 115 heavy (non-hydrogen) atoms. The minimum atomic E-state index is -1.01. The van der Waals surface area contributed by atoms with Crippen molar-refractivity contribution in [3.8, 4) is 0 Å². The van der Waals surface area contributed by atoms with E-state index < -0.39 is 70.4 Å². The number of carbonyl (C=O) groups excluding carboxylic acids is 7. The highest BCUT2D eigenvalue weighted by molar-refractivity contribution is 6.27. The number of non-ortho nitro benzene ring substituents is 6. The van der Waals surface area contributed by atoms with Crippen LogP contribution in [-0.4, -0.2) is 154 Å². The molecular formula is C83H74ClN11O20. The van der Waals surface area contributed by atoms with Crippen LogP contribution < -0.4 is 11.1 Å². The first-order valence-electron chi connectivity index (χ1n) is 36.2. The second kappa shape index (κ2) is 35.3. The highest BCUT2D eigenvalue weighted by Crippen LogP contribution is 2.59. The lowest BCUT2D eigenvalue weighted by Gasteiger charge is -2.51. The molecule has 32 heteroatoms. The van der Waals surface area contributed by atoms with Crippen molar-refractivity contribution >= 4 is 123 Å². The minimum absolute atomic E-state index is 0.0354. The summed E-state index contributed by atoms with van der Waals surface area (Å²) >= 11 is 5.73. The average Bonchev–Trinajstić information content (AvgIpc) is 0.723. The van der Waals surface area contributed by atoms with E-state index in [0.29, 0.717) is 151 Å². The maximum absolute atomic E-state index is 13.7. The summed E-state index contributed by atoms with van der Waals surface area (Å²) in [6, 6.07) is 43.0. The molecule has 4 amide bonds. The zero-order valence-electron chi connectivity index (χ0n) is 61.4. The maximum Gasteiger partial charge on any atom is 0.269 e. The molecule has 3 aliphatic carbocycles. The number of nitrogens with zero attached hydrogens (tertiary/aromatic N) is 9. The van der Waals surface area contributed by atoms with Crippen LogP contribution in [0.4, 0.5) is 34.1 Å². The number of nitrogens with one attached hydrogen (secondary N) is 1. The number of likely N-dealkylation sites (tertiary alicyclic amines) is 3. The minimum Gasteiger partial charge on any atom is -0.394 e. The molecule has 31 nitrogen and oxygen atoms in total. The van der Waals surface area contributed by atoms with Crippen molar-refractivity contribution in [3.63, 3.8) is 0 Å². The van der Waals surface area contributed by atoms with Crippen molar-refractivity contribution in [3.05, 3.63) is 322 Å². The van der Waals surface area contributed by atoms with Gasteiger partial charge in [-0.1, -0.05) is 36.9 Å². The summed E-state index contributed by atoms with van der Waals surface area (Å²) in [5.74, 6) is -2.02. The Morgan fingerprint density at radius 1 is 0.417 bits per heavy atom. The number of ketones is 3. The number of allylic oxidation sites excluding steroid dienone is 6. The Balaban J connectivity index is 0.000000172. The van der Waals surface area contributed by atoms with Gasteiger partial charge in [0.2, 0.25) is 23.6 Å². The molecule has 6 fully saturated rings. The first kappa shape index (κ1) is 82.2. The van der Waals surface area contributed by atoms with Gasteiger partial charge in [0.15, 0.2) is 17.3 Å². The fourth-order valence-electron chi connectivity index (χ4n) is 15.3. The van der Waals surface area contributed by atoms with Gasteiger partial charge in [-0.3, -0.25) is 94.2 Å². The van der Waals surface area contributed by atoms with E-state index >= 15 is 0 Å². The summed E-state index contributed by atoms with van der Waals surface area (Å²) in [6.07, 6.45) is 14.8. The first-order valence-corrected chi connectivity index (χ1v) is 36.7. The van der Waals surface area contributed by atoms with Gasteiger partial charge in [-0.25, -0.2) is 0 Å². The molecule has 7 aromatic rings. The maximum atomic E-state index is 13.7. The van der Waals surface area contributed by atoms with Crippen molar-refractivity contribution in [1.29, 1.82) is 0 Å². The zero-order chi connectivity index (χ0) is 82.6. The monoisotopic (exact) mass is 1580 g/mol. The number of carbonyl (C=O) groups is 7. The quantitative estimate of drug-likeness (QED) is 0.0276. The Kier molecular flexibility index (Phi) is 25.2. The van der Waals surface area contributed by atoms with Gasteiger partial charge >= 0.3 is 0 Å². The number of nitrogens with two attached hydrogens (primary N) is 1. The van der Waals surface area contributed by atoms with Crippen LogP contribution in [0.1, 0.15) is 77.5 Å². The van der Waals surface area contributed by atoms with Crippen LogP contribution in [0.15, 0.2) is 222 Å². The van der Waals surface area contributed by atoms with E-state index in [4.69, 9.17) is 17.3 Å². The molecule has 0 aromatic heterocycles. The third kappa shape index (κ3) is 17.9. The number of aliphatic hydroxyl groups excluding tert-OH is 1. The molecule has 13 rings (SSSR count). The van der Waals surface area contributed by atoms with E-state index in [-0.39, 0.29) is 75.1 Å². The normalized spacial score (nSPS) is 18.9. The number of alkyl halides is 1. The largest absolute Gasteiger partial charge is 0.394 e. The molecular weight excluding hydrogens is 1510 g/mol. The van der Waals surface area contributed by atoms with Crippen LogP contribution >= 0.6 is 11.6 Å². The van der Waals surface area contributed by atoms with Gasteiger partial charge in [0.1, 0.15) is 18.0 Å². The van der Waals surface area contributed by atoms with Gasteiger partial charge in [0, 0.05) is 168 Å². The molecule has 7 aromatic carbocycles. The van der Waals surface area contributed by atoms with Crippen LogP contribution in [0, 0.1) is 76.9 Å². The summed E-state index contributed by atoms with van der Waals surface area (Å²) in [5, 5.41) is 78.0. The van der Waals surface area contributed by atoms with Crippen molar-refractivity contribution in [1.82, 2.24) is 20.0 Å². The van der Waals surface area contributed by atoms with Gasteiger partial charge in [-0.15, -0.1) is 11.6 Å². The molecule has 4 N–H and O–H groups in total. The summed E-state index contributed by atoms with van der Waals surface area (Å²) in [5.41, 5.74) is 11.6. The average molecular weight is 1580 g/mol. The number of halogens is 1. The summed E-state index contributed by atoms with van der Waals surface area (Å²) < 4.78 is 0. The molecule has 0 radical (unpaired) electrons. The Labute approximate surface area is 660 Å². The SMILES string of the molecule is C=CC(=O)N1CCC2(CC1)/C(=C\c1ccc([N+](=O)[O-])cc1)C(=O)/C2=C/c1ccc([N+](=O)[O-])cc1.NC(CO)C(=O)N1CCC2(CC1)/C(=C\c1ccc([N+](=O)[O-])cc1)C(=O)/C2=C/c1ccc([N+](=O)[O-])cc1.O=C(CCl)NC(Cc1ccccc1)C(=O)N1CCC2(CC1)/C(=C\c1ccc([N+](=O)[O-])cc1)C(=O)/C2=C/c1ccc([N+](=O)[O-])cc1.